The molecule has 0 aliphatic carbocycles. The average molecular weight is 613 g/mol. The molecule has 0 spiro atoms. The van der Waals surface area contributed by atoms with Crippen LogP contribution in [0.25, 0.3) is 0 Å². The van der Waals surface area contributed by atoms with Gasteiger partial charge in [0.25, 0.3) is 0 Å². The van der Waals surface area contributed by atoms with Crippen molar-refractivity contribution < 1.29 is 26.8 Å². The number of likely N-dealkylation sites (N-methyl/N-ethyl adjacent to an activating group) is 1. The predicted molar refractivity (Wildman–Crippen MR) is 153 cm³/mol. The maximum atomic E-state index is 13.8. The molecule has 1 N–H and O–H groups in total. The van der Waals surface area contributed by atoms with Crippen molar-refractivity contribution in [2.45, 2.75) is 31.8 Å². The van der Waals surface area contributed by atoms with E-state index in [1.807, 2.05) is 30.3 Å². The van der Waals surface area contributed by atoms with Crippen LogP contribution in [-0.2, 0) is 32.6 Å². The Labute approximate surface area is 242 Å². The molecule has 0 saturated heterocycles. The molecule has 1 atom stereocenters. The zero-order valence-electron chi connectivity index (χ0n) is 21.9. The van der Waals surface area contributed by atoms with E-state index < -0.39 is 33.6 Å². The Balaban J connectivity index is 1.87. The van der Waals surface area contributed by atoms with Gasteiger partial charge in [-0.05, 0) is 41.8 Å². The molecule has 0 bridgehead atoms. The summed E-state index contributed by atoms with van der Waals surface area (Å²) in [5.41, 5.74) is 1.42. The summed E-state index contributed by atoms with van der Waals surface area (Å²) in [6.45, 7) is -0.126. The van der Waals surface area contributed by atoms with Gasteiger partial charge in [0.15, 0.2) is 11.6 Å². The lowest BCUT2D eigenvalue weighted by molar-refractivity contribution is -0.141. The van der Waals surface area contributed by atoms with Gasteiger partial charge in [-0.2, -0.15) is 0 Å². The normalized spacial score (nSPS) is 12.1. The van der Waals surface area contributed by atoms with Crippen molar-refractivity contribution in [2.75, 3.05) is 24.2 Å². The number of halogens is 4. The molecule has 214 valence electrons. The summed E-state index contributed by atoms with van der Waals surface area (Å²) >= 11 is 12.2. The minimum atomic E-state index is -3.87. The molecule has 3 aromatic rings. The molecule has 0 radical (unpaired) electrons. The van der Waals surface area contributed by atoms with Gasteiger partial charge in [-0.25, -0.2) is 17.2 Å². The van der Waals surface area contributed by atoms with Crippen LogP contribution in [0.15, 0.2) is 66.7 Å². The summed E-state index contributed by atoms with van der Waals surface area (Å²) < 4.78 is 53.0. The van der Waals surface area contributed by atoms with E-state index in [4.69, 9.17) is 23.2 Å². The molecule has 3 aromatic carbocycles. The fourth-order valence-electron chi connectivity index (χ4n) is 4.20. The molecular formula is C28H29Cl2F2N3O4S. The Morgan fingerprint density at radius 2 is 1.62 bits per heavy atom. The summed E-state index contributed by atoms with van der Waals surface area (Å²) in [5.74, 6) is -3.08. The molecule has 12 heteroatoms. The number of carbonyl (C=O) groups is 2. The van der Waals surface area contributed by atoms with E-state index in [1.54, 1.807) is 18.2 Å². The van der Waals surface area contributed by atoms with Crippen LogP contribution in [0.1, 0.15) is 24.0 Å². The third-order valence-corrected chi connectivity index (χ3v) is 8.13. The second-order valence-corrected chi connectivity index (χ2v) is 11.8. The van der Waals surface area contributed by atoms with Gasteiger partial charge < -0.3 is 10.2 Å². The maximum absolute atomic E-state index is 13.8. The van der Waals surface area contributed by atoms with Crippen molar-refractivity contribution in [1.82, 2.24) is 10.2 Å². The smallest absolute Gasteiger partial charge is 0.242 e. The summed E-state index contributed by atoms with van der Waals surface area (Å²) in [6, 6.07) is 16.0. The van der Waals surface area contributed by atoms with E-state index in [0.29, 0.717) is 15.6 Å². The molecule has 2 amide bonds. The minimum Gasteiger partial charge on any atom is -0.357 e. The van der Waals surface area contributed by atoms with E-state index in [1.165, 1.54) is 11.9 Å². The first-order valence-electron chi connectivity index (χ1n) is 12.3. The molecule has 0 aliphatic rings. The Kier molecular flexibility index (Phi) is 10.9. The summed E-state index contributed by atoms with van der Waals surface area (Å²) in [5, 5.41) is 3.25. The number of anilines is 1. The molecule has 1 unspecified atom stereocenters. The van der Waals surface area contributed by atoms with Crippen LogP contribution < -0.4 is 9.62 Å². The van der Waals surface area contributed by atoms with Gasteiger partial charge in [0.2, 0.25) is 21.8 Å². The van der Waals surface area contributed by atoms with Gasteiger partial charge in [-0.15, -0.1) is 0 Å². The standard InChI is InChI=1S/C28H29Cl2F2N3O4S/c1-33-28(37)26(16-19-7-4-3-5-8-19)34(18-20-10-12-22(29)23(30)15-20)27(36)9-6-14-35(40(2,38)39)21-11-13-24(31)25(32)17-21/h3-5,7-8,10-13,15,17,26H,6,9,14,16,18H2,1-2H3,(H,33,37). The van der Waals surface area contributed by atoms with Crippen LogP contribution in [0.5, 0.6) is 0 Å². The molecule has 0 aromatic heterocycles. The number of hydrogen-bond donors (Lipinski definition) is 1. The first-order valence-corrected chi connectivity index (χ1v) is 14.9. The molecule has 0 heterocycles. The highest BCUT2D eigenvalue weighted by atomic mass is 35.5. The highest BCUT2D eigenvalue weighted by Gasteiger charge is 2.30. The fourth-order valence-corrected chi connectivity index (χ4v) is 5.48. The second kappa shape index (κ2) is 13.9. The first kappa shape index (κ1) is 31.3. The number of carbonyl (C=O) groups excluding carboxylic acids is 2. The number of nitrogens with one attached hydrogen (secondary N) is 1. The molecule has 0 saturated carbocycles. The van der Waals surface area contributed by atoms with Gasteiger partial charge in [0, 0.05) is 39.0 Å². The lowest BCUT2D eigenvalue weighted by atomic mass is 10.0. The van der Waals surface area contributed by atoms with Gasteiger partial charge in [-0.3, -0.25) is 13.9 Å². The van der Waals surface area contributed by atoms with Gasteiger partial charge >= 0.3 is 0 Å². The topological polar surface area (TPSA) is 86.8 Å². The summed E-state index contributed by atoms with van der Waals surface area (Å²) in [6.07, 6.45) is 1.10. The van der Waals surface area contributed by atoms with Crippen LogP contribution in [-0.4, -0.2) is 51.0 Å². The van der Waals surface area contributed by atoms with Gasteiger partial charge in [0.1, 0.15) is 6.04 Å². The summed E-state index contributed by atoms with van der Waals surface area (Å²) in [7, 11) is -2.39. The average Bonchev–Trinajstić information content (AvgIpc) is 2.91. The number of hydrogen-bond acceptors (Lipinski definition) is 4. The number of sulfonamides is 1. The number of rotatable bonds is 12. The number of amides is 2. The zero-order valence-corrected chi connectivity index (χ0v) is 24.2. The van der Waals surface area contributed by atoms with E-state index in [2.05, 4.69) is 5.32 Å². The Morgan fingerprint density at radius 3 is 2.23 bits per heavy atom. The van der Waals surface area contributed by atoms with Crippen molar-refractivity contribution in [3.8, 4) is 0 Å². The van der Waals surface area contributed by atoms with E-state index >= 15 is 0 Å². The molecule has 3 rings (SSSR count). The van der Waals surface area contributed by atoms with Crippen LogP contribution >= 0.6 is 23.2 Å². The predicted octanol–water partition coefficient (Wildman–Crippen LogP) is 5.20. The largest absolute Gasteiger partial charge is 0.357 e. The molecule has 40 heavy (non-hydrogen) atoms. The second-order valence-electron chi connectivity index (χ2n) is 9.13. The Hall–Kier alpha value is -3.21. The van der Waals surface area contributed by atoms with Crippen LogP contribution in [0.4, 0.5) is 14.5 Å². The van der Waals surface area contributed by atoms with Crippen molar-refractivity contribution in [2.24, 2.45) is 0 Å². The third-order valence-electron chi connectivity index (χ3n) is 6.20. The van der Waals surface area contributed by atoms with E-state index in [9.17, 15) is 26.8 Å². The Morgan fingerprint density at radius 1 is 0.925 bits per heavy atom. The van der Waals surface area contributed by atoms with E-state index in [0.717, 1.165) is 34.3 Å². The first-order chi connectivity index (χ1) is 18.9. The van der Waals surface area contributed by atoms with Crippen molar-refractivity contribution in [3.63, 3.8) is 0 Å². The van der Waals surface area contributed by atoms with Crippen LogP contribution in [0.3, 0.4) is 0 Å². The fraction of sp³-hybridized carbons (Fsp3) is 0.286. The molecule has 0 fully saturated rings. The zero-order chi connectivity index (χ0) is 29.4. The summed E-state index contributed by atoms with van der Waals surface area (Å²) in [4.78, 5) is 28.1. The SMILES string of the molecule is CNC(=O)C(Cc1ccccc1)N(Cc1ccc(Cl)c(Cl)c1)C(=O)CCCN(c1ccc(F)c(F)c1)S(C)(=O)=O. The van der Waals surface area contributed by atoms with E-state index in [-0.39, 0.29) is 43.9 Å². The van der Waals surface area contributed by atoms with Crippen molar-refractivity contribution >= 4 is 50.7 Å². The highest BCUT2D eigenvalue weighted by molar-refractivity contribution is 7.92. The quantitative estimate of drug-likeness (QED) is 0.305. The van der Waals surface area contributed by atoms with Gasteiger partial charge in [0.05, 0.1) is 22.0 Å². The minimum absolute atomic E-state index is 0.0413. The molecule has 0 aliphatic heterocycles. The van der Waals surface area contributed by atoms with Crippen molar-refractivity contribution in [3.05, 3.63) is 99.5 Å². The van der Waals surface area contributed by atoms with Gasteiger partial charge in [-0.1, -0.05) is 59.6 Å². The molecular weight excluding hydrogens is 583 g/mol. The van der Waals surface area contributed by atoms with Crippen LogP contribution in [0.2, 0.25) is 10.0 Å². The third kappa shape index (κ3) is 8.39. The van der Waals surface area contributed by atoms with Crippen molar-refractivity contribution in [1.29, 1.82) is 0 Å². The number of nitrogens with zero attached hydrogens (tertiary/aromatic N) is 2. The lowest BCUT2D eigenvalue weighted by Gasteiger charge is -2.31. The molecule has 7 nitrogen and oxygen atoms in total. The van der Waals surface area contributed by atoms with Crippen LogP contribution in [0, 0.1) is 11.6 Å². The lowest BCUT2D eigenvalue weighted by Crippen LogP contribution is -2.49. The Bertz CT molecular complexity index is 1460. The maximum Gasteiger partial charge on any atom is 0.242 e. The highest BCUT2D eigenvalue weighted by Crippen LogP contribution is 2.25. The number of benzene rings is 3. The monoisotopic (exact) mass is 611 g/mol.